The third-order valence-electron chi connectivity index (χ3n) is 4.92. The number of likely N-dealkylation sites (N-methyl/N-ethyl adjacent to an activating group) is 1. The van der Waals surface area contributed by atoms with Crippen LogP contribution in [0.4, 0.5) is 5.69 Å². The molecular formula is C22H26N2O2. The summed E-state index contributed by atoms with van der Waals surface area (Å²) < 4.78 is 0. The Morgan fingerprint density at radius 2 is 1.77 bits per heavy atom. The van der Waals surface area contributed by atoms with Crippen molar-refractivity contribution < 1.29 is 9.59 Å². The smallest absolute Gasteiger partial charge is 0.227 e. The van der Waals surface area contributed by atoms with Crippen LogP contribution in [0.5, 0.6) is 0 Å². The summed E-state index contributed by atoms with van der Waals surface area (Å²) in [6, 6.07) is 18.1. The summed E-state index contributed by atoms with van der Waals surface area (Å²) in [4.78, 5) is 28.2. The summed E-state index contributed by atoms with van der Waals surface area (Å²) in [5, 5.41) is 0. The Morgan fingerprint density at radius 1 is 1.04 bits per heavy atom. The Morgan fingerprint density at radius 3 is 2.38 bits per heavy atom. The van der Waals surface area contributed by atoms with E-state index in [0.717, 1.165) is 37.2 Å². The van der Waals surface area contributed by atoms with Crippen LogP contribution in [-0.2, 0) is 22.4 Å². The van der Waals surface area contributed by atoms with E-state index in [-0.39, 0.29) is 11.8 Å². The van der Waals surface area contributed by atoms with Gasteiger partial charge in [-0.15, -0.1) is 0 Å². The van der Waals surface area contributed by atoms with Crippen molar-refractivity contribution in [2.24, 2.45) is 0 Å². The molecule has 4 nitrogen and oxygen atoms in total. The number of anilines is 1. The normalized spacial score (nSPS) is 13.9. The molecule has 0 N–H and O–H groups in total. The second-order valence-corrected chi connectivity index (χ2v) is 6.70. The standard InChI is InChI=1S/C22H26N2O2/c1-2-23(16-14-18-7-4-3-5-8-18)22(26)17-19-10-12-20(13-11-19)24-15-6-9-21(24)25/h3-5,7-8,10-13H,2,6,9,14-17H2,1H3. The minimum atomic E-state index is 0.147. The van der Waals surface area contributed by atoms with Gasteiger partial charge in [-0.25, -0.2) is 0 Å². The fraction of sp³-hybridized carbons (Fsp3) is 0.364. The van der Waals surface area contributed by atoms with Gasteiger partial charge in [0, 0.05) is 31.7 Å². The Hall–Kier alpha value is -2.62. The average Bonchev–Trinajstić information content (AvgIpc) is 3.10. The molecule has 1 fully saturated rings. The van der Waals surface area contributed by atoms with Crippen LogP contribution in [0.3, 0.4) is 0 Å². The zero-order chi connectivity index (χ0) is 18.4. The lowest BCUT2D eigenvalue weighted by atomic mass is 10.1. The van der Waals surface area contributed by atoms with E-state index in [1.165, 1.54) is 5.56 Å². The molecule has 0 unspecified atom stereocenters. The average molecular weight is 350 g/mol. The molecule has 0 spiro atoms. The summed E-state index contributed by atoms with van der Waals surface area (Å²) in [5.41, 5.74) is 3.17. The van der Waals surface area contributed by atoms with Crippen LogP contribution >= 0.6 is 0 Å². The summed E-state index contributed by atoms with van der Waals surface area (Å²) in [6.45, 7) is 4.26. The van der Waals surface area contributed by atoms with E-state index in [2.05, 4.69) is 12.1 Å². The number of carbonyl (C=O) groups is 2. The van der Waals surface area contributed by atoms with Gasteiger partial charge < -0.3 is 9.80 Å². The van der Waals surface area contributed by atoms with Gasteiger partial charge in [0.05, 0.1) is 6.42 Å². The largest absolute Gasteiger partial charge is 0.342 e. The number of amides is 2. The lowest BCUT2D eigenvalue weighted by Gasteiger charge is -2.21. The quantitative estimate of drug-likeness (QED) is 0.767. The third-order valence-corrected chi connectivity index (χ3v) is 4.92. The molecule has 3 rings (SSSR count). The van der Waals surface area contributed by atoms with Crippen LogP contribution in [-0.4, -0.2) is 36.3 Å². The van der Waals surface area contributed by atoms with Gasteiger partial charge in [-0.3, -0.25) is 9.59 Å². The van der Waals surface area contributed by atoms with E-state index < -0.39 is 0 Å². The van der Waals surface area contributed by atoms with Crippen molar-refractivity contribution in [2.45, 2.75) is 32.6 Å². The van der Waals surface area contributed by atoms with Crippen molar-refractivity contribution in [2.75, 3.05) is 24.5 Å². The Balaban J connectivity index is 1.56. The number of rotatable bonds is 7. The van der Waals surface area contributed by atoms with E-state index in [1.54, 1.807) is 0 Å². The van der Waals surface area contributed by atoms with E-state index in [0.29, 0.717) is 19.4 Å². The molecule has 1 aliphatic rings. The summed E-state index contributed by atoms with van der Waals surface area (Å²) in [7, 11) is 0. The molecule has 2 amide bonds. The molecule has 136 valence electrons. The molecule has 2 aromatic carbocycles. The lowest BCUT2D eigenvalue weighted by molar-refractivity contribution is -0.130. The van der Waals surface area contributed by atoms with Crippen LogP contribution in [0.15, 0.2) is 54.6 Å². The van der Waals surface area contributed by atoms with Crippen LogP contribution in [0.1, 0.15) is 30.9 Å². The fourth-order valence-electron chi connectivity index (χ4n) is 3.37. The van der Waals surface area contributed by atoms with Crippen molar-refractivity contribution in [1.82, 2.24) is 4.90 Å². The molecule has 26 heavy (non-hydrogen) atoms. The maximum Gasteiger partial charge on any atom is 0.227 e. The second-order valence-electron chi connectivity index (χ2n) is 6.70. The van der Waals surface area contributed by atoms with Crippen molar-refractivity contribution >= 4 is 17.5 Å². The summed E-state index contributed by atoms with van der Waals surface area (Å²) in [6.07, 6.45) is 2.83. The molecule has 2 aromatic rings. The van der Waals surface area contributed by atoms with E-state index in [1.807, 2.05) is 59.2 Å². The molecule has 0 bridgehead atoms. The number of nitrogens with zero attached hydrogens (tertiary/aromatic N) is 2. The van der Waals surface area contributed by atoms with Crippen LogP contribution in [0, 0.1) is 0 Å². The van der Waals surface area contributed by atoms with Crippen molar-refractivity contribution in [1.29, 1.82) is 0 Å². The molecule has 4 heteroatoms. The van der Waals surface area contributed by atoms with Crippen molar-refractivity contribution in [3.05, 3.63) is 65.7 Å². The zero-order valence-electron chi connectivity index (χ0n) is 15.4. The van der Waals surface area contributed by atoms with Crippen LogP contribution in [0.2, 0.25) is 0 Å². The predicted octanol–water partition coefficient (Wildman–Crippen LogP) is 3.45. The molecule has 1 aliphatic heterocycles. The van der Waals surface area contributed by atoms with E-state index >= 15 is 0 Å². The van der Waals surface area contributed by atoms with Gasteiger partial charge in [-0.05, 0) is 43.0 Å². The van der Waals surface area contributed by atoms with Crippen molar-refractivity contribution in [3.63, 3.8) is 0 Å². The second kappa shape index (κ2) is 8.65. The topological polar surface area (TPSA) is 40.6 Å². The first-order valence-corrected chi connectivity index (χ1v) is 9.38. The Kier molecular flexibility index (Phi) is 6.05. The monoisotopic (exact) mass is 350 g/mol. The number of benzene rings is 2. The molecule has 0 saturated carbocycles. The van der Waals surface area contributed by atoms with Crippen molar-refractivity contribution in [3.8, 4) is 0 Å². The highest BCUT2D eigenvalue weighted by molar-refractivity contribution is 5.95. The lowest BCUT2D eigenvalue weighted by Crippen LogP contribution is -2.34. The SMILES string of the molecule is CCN(CCc1ccccc1)C(=O)Cc1ccc(N2CCCC2=O)cc1. The third kappa shape index (κ3) is 4.51. The minimum Gasteiger partial charge on any atom is -0.342 e. The van der Waals surface area contributed by atoms with Gasteiger partial charge in [0.2, 0.25) is 11.8 Å². The first-order valence-electron chi connectivity index (χ1n) is 9.38. The van der Waals surface area contributed by atoms with Gasteiger partial charge in [0.15, 0.2) is 0 Å². The summed E-state index contributed by atoms with van der Waals surface area (Å²) in [5.74, 6) is 0.334. The van der Waals surface area contributed by atoms with Crippen LogP contribution < -0.4 is 4.90 Å². The predicted molar refractivity (Wildman–Crippen MR) is 104 cm³/mol. The summed E-state index contributed by atoms with van der Waals surface area (Å²) >= 11 is 0. The molecule has 0 atom stereocenters. The Bertz CT molecular complexity index is 740. The molecule has 0 aliphatic carbocycles. The molecule has 1 saturated heterocycles. The Labute approximate surface area is 155 Å². The number of carbonyl (C=O) groups excluding carboxylic acids is 2. The van der Waals surface area contributed by atoms with Crippen LogP contribution in [0.25, 0.3) is 0 Å². The molecule has 0 aromatic heterocycles. The molecule has 0 radical (unpaired) electrons. The number of hydrogen-bond donors (Lipinski definition) is 0. The van der Waals surface area contributed by atoms with Gasteiger partial charge in [0.25, 0.3) is 0 Å². The molecule has 1 heterocycles. The fourth-order valence-corrected chi connectivity index (χ4v) is 3.37. The van der Waals surface area contributed by atoms with E-state index in [4.69, 9.17) is 0 Å². The number of hydrogen-bond acceptors (Lipinski definition) is 2. The first kappa shape index (κ1) is 18.2. The highest BCUT2D eigenvalue weighted by Gasteiger charge is 2.21. The first-order chi connectivity index (χ1) is 12.7. The molecular weight excluding hydrogens is 324 g/mol. The zero-order valence-corrected chi connectivity index (χ0v) is 15.4. The minimum absolute atomic E-state index is 0.147. The van der Waals surface area contributed by atoms with Gasteiger partial charge in [-0.1, -0.05) is 42.5 Å². The van der Waals surface area contributed by atoms with Gasteiger partial charge in [-0.2, -0.15) is 0 Å². The van der Waals surface area contributed by atoms with E-state index in [9.17, 15) is 9.59 Å². The van der Waals surface area contributed by atoms with Gasteiger partial charge in [0.1, 0.15) is 0 Å². The highest BCUT2D eigenvalue weighted by atomic mass is 16.2. The maximum atomic E-state index is 12.6. The van der Waals surface area contributed by atoms with Gasteiger partial charge >= 0.3 is 0 Å². The maximum absolute atomic E-state index is 12.6. The highest BCUT2D eigenvalue weighted by Crippen LogP contribution is 2.21.